The zero-order valence-corrected chi connectivity index (χ0v) is 10.7. The zero-order chi connectivity index (χ0) is 10.5. The number of nitrogens with zero attached hydrogens (tertiary/aromatic N) is 4. The molecule has 0 spiro atoms. The Bertz CT molecular complexity index is 622. The van der Waals surface area contributed by atoms with Crippen LogP contribution in [-0.4, -0.2) is 18.7 Å². The molecule has 0 saturated carbocycles. The molecule has 0 bridgehead atoms. The van der Waals surface area contributed by atoms with E-state index in [1.165, 1.54) is 17.9 Å². The van der Waals surface area contributed by atoms with E-state index in [0.717, 1.165) is 4.57 Å². The summed E-state index contributed by atoms with van der Waals surface area (Å²) in [6.45, 7) is 0. The van der Waals surface area contributed by atoms with Gasteiger partial charge in [-0.25, -0.2) is 9.78 Å². The fourth-order valence-electron chi connectivity index (χ4n) is 1.47. The number of hydrogen-bond acceptors (Lipinski definition) is 3. The van der Waals surface area contributed by atoms with E-state index in [1.54, 1.807) is 18.7 Å². The van der Waals surface area contributed by atoms with Crippen molar-refractivity contribution in [1.29, 1.82) is 0 Å². The van der Waals surface area contributed by atoms with Crippen molar-refractivity contribution in [3.63, 3.8) is 0 Å². The monoisotopic (exact) mass is 391 g/mol. The molecule has 2 aromatic heterocycles. The van der Waals surface area contributed by atoms with E-state index < -0.39 is 0 Å². The van der Waals surface area contributed by atoms with Gasteiger partial charge in [0.15, 0.2) is 11.2 Å². The number of aromatic nitrogens is 4. The van der Waals surface area contributed by atoms with E-state index in [9.17, 15) is 9.59 Å². The number of rotatable bonds is 0. The van der Waals surface area contributed by atoms with Crippen LogP contribution in [0.4, 0.5) is 0 Å². The van der Waals surface area contributed by atoms with Gasteiger partial charge in [-0.1, -0.05) is 0 Å². The van der Waals surface area contributed by atoms with Crippen LogP contribution in [0.15, 0.2) is 15.9 Å². The van der Waals surface area contributed by atoms with Gasteiger partial charge in [0.2, 0.25) is 0 Å². The van der Waals surface area contributed by atoms with Gasteiger partial charge in [0.1, 0.15) is 0 Å². The van der Waals surface area contributed by atoms with E-state index in [0.29, 0.717) is 11.2 Å². The molecule has 15 heavy (non-hydrogen) atoms. The first-order valence-electron chi connectivity index (χ1n) is 4.11. The molecular weight excluding hydrogens is 381 g/mol. The summed E-state index contributed by atoms with van der Waals surface area (Å²) in [6.07, 6.45) is 1.52. The summed E-state index contributed by atoms with van der Waals surface area (Å²) in [5, 5.41) is 0. The van der Waals surface area contributed by atoms with Gasteiger partial charge in [0.05, 0.1) is 6.33 Å². The smallest absolute Gasteiger partial charge is 0.328 e. The zero-order valence-electron chi connectivity index (χ0n) is 8.48. The second-order valence-electron chi connectivity index (χ2n) is 3.23. The average Bonchev–Trinajstić information content (AvgIpc) is 2.54. The van der Waals surface area contributed by atoms with Crippen LogP contribution in [0.25, 0.3) is 11.2 Å². The number of aryl methyl sites for hydroxylation is 2. The van der Waals surface area contributed by atoms with Crippen LogP contribution < -0.4 is 11.2 Å². The summed E-state index contributed by atoms with van der Waals surface area (Å²) < 4.78 is 4.04. The van der Waals surface area contributed by atoms with Crippen LogP contribution in [0.2, 0.25) is 0 Å². The van der Waals surface area contributed by atoms with Crippen LogP contribution in [0, 0.1) is 0 Å². The van der Waals surface area contributed by atoms with E-state index in [4.69, 9.17) is 0 Å². The molecule has 2 rings (SSSR count). The van der Waals surface area contributed by atoms with Crippen LogP contribution >= 0.6 is 0 Å². The van der Waals surface area contributed by atoms with E-state index in [1.807, 2.05) is 0 Å². The number of fused-ring (bicyclic) bond motifs is 1. The first-order valence-corrected chi connectivity index (χ1v) is 4.11. The maximum absolute atomic E-state index is 11.7. The Morgan fingerprint density at radius 1 is 1.13 bits per heavy atom. The van der Waals surface area contributed by atoms with Gasteiger partial charge in [0, 0.05) is 43.5 Å². The van der Waals surface area contributed by atoms with E-state index in [2.05, 4.69) is 4.98 Å². The van der Waals surface area contributed by atoms with Crippen LogP contribution in [0.3, 0.4) is 0 Å². The molecule has 7 heteroatoms. The topological polar surface area (TPSA) is 61.8 Å². The van der Waals surface area contributed by atoms with Crippen LogP contribution in [0.1, 0.15) is 0 Å². The molecule has 2 heterocycles. The Morgan fingerprint density at radius 3 is 2.33 bits per heavy atom. The Labute approximate surface area is 101 Å². The van der Waals surface area contributed by atoms with Gasteiger partial charge >= 0.3 is 5.69 Å². The normalized spacial score (nSPS) is 10.3. The molecule has 85 valence electrons. The summed E-state index contributed by atoms with van der Waals surface area (Å²) in [4.78, 5) is 27.2. The minimum atomic E-state index is -0.360. The third-order valence-electron chi connectivity index (χ3n) is 2.32. The van der Waals surface area contributed by atoms with Gasteiger partial charge in [0.25, 0.3) is 5.56 Å². The van der Waals surface area contributed by atoms with Crippen molar-refractivity contribution in [1.82, 2.24) is 18.7 Å². The van der Waals surface area contributed by atoms with Crippen LogP contribution in [-0.2, 0) is 43.5 Å². The molecule has 0 N–H and O–H groups in total. The van der Waals surface area contributed by atoms with E-state index >= 15 is 0 Å². The minimum absolute atomic E-state index is 0. The van der Waals surface area contributed by atoms with Gasteiger partial charge in [-0.3, -0.25) is 13.9 Å². The molecule has 0 aliphatic carbocycles. The van der Waals surface area contributed by atoms with Crippen LogP contribution in [0.5, 0.6) is 0 Å². The Balaban J connectivity index is 0.00000112. The fraction of sp³-hybridized carbons (Fsp3) is 0.375. The molecule has 0 aliphatic rings. The second-order valence-corrected chi connectivity index (χ2v) is 3.23. The SMILES string of the molecule is Cn1c(=O)c2c(ncn2C)n(C)c1=O.[Au]. The maximum Gasteiger partial charge on any atom is 0.332 e. The van der Waals surface area contributed by atoms with E-state index in [-0.39, 0.29) is 33.6 Å². The Kier molecular flexibility index (Phi) is 3.03. The van der Waals surface area contributed by atoms with Crippen molar-refractivity contribution in [2.24, 2.45) is 21.1 Å². The summed E-state index contributed by atoms with van der Waals surface area (Å²) in [7, 11) is 4.77. The average molecular weight is 391 g/mol. The van der Waals surface area contributed by atoms with Gasteiger partial charge in [-0.15, -0.1) is 0 Å². The minimum Gasteiger partial charge on any atom is -0.328 e. The summed E-state index contributed by atoms with van der Waals surface area (Å²) >= 11 is 0. The molecular formula is C8H10AuN4O2. The first-order chi connectivity index (χ1) is 6.54. The molecule has 0 amide bonds. The third kappa shape index (κ3) is 1.50. The van der Waals surface area contributed by atoms with Crippen molar-refractivity contribution >= 4 is 11.2 Å². The summed E-state index contributed by atoms with van der Waals surface area (Å²) in [5.41, 5.74) is 0.180. The largest absolute Gasteiger partial charge is 0.332 e. The Hall–Kier alpha value is -1.11. The van der Waals surface area contributed by atoms with Crippen molar-refractivity contribution in [2.45, 2.75) is 0 Å². The van der Waals surface area contributed by atoms with Gasteiger partial charge in [-0.2, -0.15) is 0 Å². The molecule has 6 nitrogen and oxygen atoms in total. The fourth-order valence-corrected chi connectivity index (χ4v) is 1.47. The number of hydrogen-bond donors (Lipinski definition) is 0. The van der Waals surface area contributed by atoms with Gasteiger partial charge in [-0.05, 0) is 0 Å². The molecule has 2 aromatic rings. The van der Waals surface area contributed by atoms with Crippen molar-refractivity contribution in [3.05, 3.63) is 27.2 Å². The summed E-state index contributed by atoms with van der Waals surface area (Å²) in [5.74, 6) is 0. The van der Waals surface area contributed by atoms with Gasteiger partial charge < -0.3 is 4.57 Å². The maximum atomic E-state index is 11.7. The second kappa shape index (κ2) is 3.80. The molecule has 0 unspecified atom stereocenters. The molecule has 0 fully saturated rings. The molecule has 0 atom stereocenters. The predicted octanol–water partition coefficient (Wildman–Crippen LogP) is -1.03. The third-order valence-corrected chi connectivity index (χ3v) is 2.32. The van der Waals surface area contributed by atoms with Crippen molar-refractivity contribution < 1.29 is 22.4 Å². The van der Waals surface area contributed by atoms with Crippen molar-refractivity contribution in [3.8, 4) is 0 Å². The Morgan fingerprint density at radius 2 is 1.73 bits per heavy atom. The predicted molar refractivity (Wildman–Crippen MR) is 51.2 cm³/mol. The first kappa shape index (κ1) is 12.0. The molecule has 0 aromatic carbocycles. The molecule has 0 saturated heterocycles. The molecule has 1 radical (unpaired) electrons. The number of imidazole rings is 1. The van der Waals surface area contributed by atoms with Crippen molar-refractivity contribution in [2.75, 3.05) is 0 Å². The summed E-state index contributed by atoms with van der Waals surface area (Å²) in [6, 6.07) is 0. The molecule has 0 aliphatic heterocycles. The standard InChI is InChI=1S/C8H10N4O2.Au/c1-10-4-9-6-5(10)7(13)12(3)8(14)11(6)2;/h4H,1-3H3;. The quantitative estimate of drug-likeness (QED) is 0.540.